The second-order valence-electron chi connectivity index (χ2n) is 4.45. The van der Waals surface area contributed by atoms with Crippen molar-refractivity contribution in [1.82, 2.24) is 0 Å². The molecule has 0 fully saturated rings. The topological polar surface area (TPSA) is 52.6 Å². The highest BCUT2D eigenvalue weighted by Gasteiger charge is 2.28. The maximum atomic E-state index is 12.2. The Morgan fingerprint density at radius 1 is 1.23 bits per heavy atom. The number of rotatable bonds is 2. The van der Waals surface area contributed by atoms with Gasteiger partial charge in [-0.2, -0.15) is 13.2 Å². The van der Waals surface area contributed by atoms with Crippen LogP contribution >= 0.6 is 0 Å². The monoisotopic (exact) mass is 334 g/mol. The van der Waals surface area contributed by atoms with Gasteiger partial charge >= 0.3 is 6.18 Å². The van der Waals surface area contributed by atoms with Crippen LogP contribution in [0.4, 0.5) is 13.2 Å². The van der Waals surface area contributed by atoms with Gasteiger partial charge in [-0.1, -0.05) is 18.2 Å². The van der Waals surface area contributed by atoms with E-state index in [2.05, 4.69) is 4.74 Å². The molecule has 1 aromatic carbocycles. The molecule has 1 aliphatic heterocycles. The van der Waals surface area contributed by atoms with Crippen LogP contribution in [0.25, 0.3) is 0 Å². The molecular formula is C14H13F3O4S. The Labute approximate surface area is 125 Å². The zero-order chi connectivity index (χ0) is 16.2. The predicted octanol–water partition coefficient (Wildman–Crippen LogP) is 2.87. The maximum absolute atomic E-state index is 12.2. The van der Waals surface area contributed by atoms with Crippen molar-refractivity contribution in [2.24, 2.45) is 0 Å². The molecule has 2 rings (SSSR count). The minimum atomic E-state index is -4.47. The Balaban J connectivity index is 2.24. The third-order valence-electron chi connectivity index (χ3n) is 2.71. The Bertz CT molecular complexity index is 690. The van der Waals surface area contributed by atoms with E-state index >= 15 is 0 Å². The largest absolute Gasteiger partial charge is 0.488 e. The van der Waals surface area contributed by atoms with Crippen molar-refractivity contribution in [1.29, 1.82) is 0 Å². The number of halogens is 3. The van der Waals surface area contributed by atoms with Crippen LogP contribution in [0.2, 0.25) is 0 Å². The van der Waals surface area contributed by atoms with E-state index in [0.29, 0.717) is 0 Å². The fourth-order valence-corrected chi connectivity index (χ4v) is 3.01. The molecule has 120 valence electrons. The molecule has 0 saturated heterocycles. The molecule has 1 aliphatic rings. The van der Waals surface area contributed by atoms with E-state index in [1.165, 1.54) is 30.4 Å². The van der Waals surface area contributed by atoms with Crippen molar-refractivity contribution >= 4 is 9.84 Å². The minimum absolute atomic E-state index is 0.0488. The van der Waals surface area contributed by atoms with E-state index in [1.54, 1.807) is 12.1 Å². The van der Waals surface area contributed by atoms with E-state index in [-0.39, 0.29) is 28.8 Å². The number of ether oxygens (including phenoxy) is 2. The average Bonchev–Trinajstić information content (AvgIpc) is 2.43. The molecule has 0 amide bonds. The van der Waals surface area contributed by atoms with Crippen LogP contribution in [0.3, 0.4) is 0 Å². The van der Waals surface area contributed by atoms with E-state index in [4.69, 9.17) is 4.74 Å². The maximum Gasteiger partial charge on any atom is 0.422 e. The van der Waals surface area contributed by atoms with Gasteiger partial charge in [0.05, 0.1) is 5.75 Å². The number of fused-ring (bicyclic) bond motifs is 1. The second-order valence-corrected chi connectivity index (χ2v) is 6.45. The molecule has 0 aromatic heterocycles. The van der Waals surface area contributed by atoms with E-state index in [9.17, 15) is 21.6 Å². The van der Waals surface area contributed by atoms with Crippen molar-refractivity contribution in [3.8, 4) is 5.75 Å². The first-order chi connectivity index (χ1) is 10.3. The molecule has 0 spiro atoms. The summed E-state index contributed by atoms with van der Waals surface area (Å²) in [5.74, 6) is -0.295. The molecular weight excluding hydrogens is 321 g/mol. The number of sulfone groups is 1. The molecule has 1 aromatic rings. The van der Waals surface area contributed by atoms with Gasteiger partial charge in [-0.15, -0.1) is 0 Å². The molecule has 1 heterocycles. The molecule has 22 heavy (non-hydrogen) atoms. The van der Waals surface area contributed by atoms with Gasteiger partial charge in [0.25, 0.3) is 0 Å². The summed E-state index contributed by atoms with van der Waals surface area (Å²) < 4.78 is 70.7. The number of benzene rings is 1. The molecule has 0 N–H and O–H groups in total. The lowest BCUT2D eigenvalue weighted by atomic mass is 10.3. The van der Waals surface area contributed by atoms with E-state index in [0.717, 1.165) is 0 Å². The number of allylic oxidation sites excluding steroid dienone is 1. The lowest BCUT2D eigenvalue weighted by Gasteiger charge is -2.13. The summed E-state index contributed by atoms with van der Waals surface area (Å²) in [5, 5.41) is 0. The number of para-hydroxylation sites is 1. The van der Waals surface area contributed by atoms with Gasteiger partial charge in [0, 0.05) is 0 Å². The Hall–Kier alpha value is -1.96. The Kier molecular flexibility index (Phi) is 4.80. The highest BCUT2D eigenvalue weighted by atomic mass is 32.2. The first-order valence-corrected chi connectivity index (χ1v) is 7.94. The first kappa shape index (κ1) is 16.4. The van der Waals surface area contributed by atoms with Crippen molar-refractivity contribution < 1.29 is 31.1 Å². The van der Waals surface area contributed by atoms with Crippen LogP contribution in [0, 0.1) is 0 Å². The summed E-state index contributed by atoms with van der Waals surface area (Å²) in [6.45, 7) is -1.56. The van der Waals surface area contributed by atoms with Gasteiger partial charge in [0.1, 0.15) is 23.0 Å². The normalized spacial score (nSPS) is 21.7. The van der Waals surface area contributed by atoms with Crippen LogP contribution in [0.15, 0.2) is 53.1 Å². The van der Waals surface area contributed by atoms with Crippen LogP contribution in [-0.4, -0.2) is 33.6 Å². The predicted molar refractivity (Wildman–Crippen MR) is 73.2 cm³/mol. The van der Waals surface area contributed by atoms with Gasteiger partial charge in [-0.3, -0.25) is 0 Å². The third kappa shape index (κ3) is 4.52. The summed E-state index contributed by atoms with van der Waals surface area (Å²) in [4.78, 5) is 0.0488. The zero-order valence-electron chi connectivity index (χ0n) is 11.3. The second kappa shape index (κ2) is 6.43. The average molecular weight is 334 g/mol. The number of hydrogen-bond acceptors (Lipinski definition) is 4. The van der Waals surface area contributed by atoms with Crippen molar-refractivity contribution in [2.75, 3.05) is 19.0 Å². The molecule has 4 nitrogen and oxygen atoms in total. The number of hydrogen-bond donors (Lipinski definition) is 0. The summed E-state index contributed by atoms with van der Waals surface area (Å²) in [7, 11) is -3.62. The van der Waals surface area contributed by atoms with Gasteiger partial charge in [-0.25, -0.2) is 8.42 Å². The van der Waals surface area contributed by atoms with Crippen molar-refractivity contribution in [3.05, 3.63) is 48.3 Å². The molecule has 0 bridgehead atoms. The summed E-state index contributed by atoms with van der Waals surface area (Å²) in [6.07, 6.45) is -0.708. The summed E-state index contributed by atoms with van der Waals surface area (Å²) in [5.41, 5.74) is 0. The van der Waals surface area contributed by atoms with Gasteiger partial charge < -0.3 is 9.47 Å². The van der Waals surface area contributed by atoms with Gasteiger partial charge in [0.15, 0.2) is 16.4 Å². The summed E-state index contributed by atoms with van der Waals surface area (Å²) in [6, 6.07) is 6.09. The summed E-state index contributed by atoms with van der Waals surface area (Å²) >= 11 is 0. The van der Waals surface area contributed by atoms with Gasteiger partial charge in [-0.05, 0) is 24.3 Å². The molecule has 0 aliphatic carbocycles. The highest BCUT2D eigenvalue weighted by Crippen LogP contribution is 2.25. The molecule has 0 radical (unpaired) electrons. The lowest BCUT2D eigenvalue weighted by molar-refractivity contribution is -0.163. The Morgan fingerprint density at radius 3 is 2.68 bits per heavy atom. The molecule has 8 heteroatoms. The number of alkyl halides is 3. The smallest absolute Gasteiger partial charge is 0.422 e. The quantitative estimate of drug-likeness (QED) is 0.834. The van der Waals surface area contributed by atoms with E-state index in [1.807, 2.05) is 0 Å². The molecule has 0 saturated carbocycles. The lowest BCUT2D eigenvalue weighted by Crippen LogP contribution is -2.17. The Morgan fingerprint density at radius 2 is 1.95 bits per heavy atom. The van der Waals surface area contributed by atoms with Crippen LogP contribution in [0.1, 0.15) is 0 Å². The fourth-order valence-electron chi connectivity index (χ4n) is 1.76. The molecule has 0 unspecified atom stereocenters. The zero-order valence-corrected chi connectivity index (χ0v) is 12.2. The van der Waals surface area contributed by atoms with Gasteiger partial charge in [0.2, 0.25) is 0 Å². The molecule has 0 atom stereocenters. The van der Waals surface area contributed by atoms with Crippen LogP contribution in [0.5, 0.6) is 5.75 Å². The minimum Gasteiger partial charge on any atom is -0.488 e. The fraction of sp³-hybridized carbons (Fsp3) is 0.286. The highest BCUT2D eigenvalue weighted by molar-refractivity contribution is 7.91. The van der Waals surface area contributed by atoms with Crippen LogP contribution < -0.4 is 4.74 Å². The first-order valence-electron chi connectivity index (χ1n) is 6.29. The SMILES string of the molecule is O=S1(=O)C/C=C\C(OCC(F)(F)F)=C/COc2ccccc21. The van der Waals surface area contributed by atoms with E-state index < -0.39 is 22.6 Å². The van der Waals surface area contributed by atoms with Crippen molar-refractivity contribution in [3.63, 3.8) is 0 Å². The standard InChI is InChI=1S/C14H13F3O4S/c15-14(16,17)10-21-11-4-3-9-22(18,19)13-6-2-1-5-12(13)20-8-7-11/h1-7H,8-10H2/b4-3-,11-7+. The third-order valence-corrected chi connectivity index (χ3v) is 4.35. The van der Waals surface area contributed by atoms with Crippen LogP contribution in [-0.2, 0) is 14.6 Å². The van der Waals surface area contributed by atoms with Crippen molar-refractivity contribution in [2.45, 2.75) is 11.1 Å².